The van der Waals surface area contributed by atoms with E-state index >= 15 is 0 Å². The Bertz CT molecular complexity index is 532. The number of fused-ring (bicyclic) bond motifs is 1. The zero-order valence-electron chi connectivity index (χ0n) is 8.44. The molecule has 0 amide bonds. The number of halogens is 1. The minimum atomic E-state index is -1.53. The van der Waals surface area contributed by atoms with Crippen molar-refractivity contribution >= 4 is 16.9 Å². The fraction of sp³-hybridized carbons (Fsp3) is 0.182. The molecule has 4 nitrogen and oxygen atoms in total. The van der Waals surface area contributed by atoms with E-state index in [1.165, 1.54) is 18.2 Å². The summed E-state index contributed by atoms with van der Waals surface area (Å²) >= 11 is 0. The van der Waals surface area contributed by atoms with Crippen molar-refractivity contribution in [3.8, 4) is 0 Å². The van der Waals surface area contributed by atoms with E-state index in [0.29, 0.717) is 5.39 Å². The van der Waals surface area contributed by atoms with E-state index in [2.05, 4.69) is 4.74 Å². The molecular weight excluding hydrogens is 215 g/mol. The molecule has 1 aromatic heterocycles. The molecule has 16 heavy (non-hydrogen) atoms. The molecule has 0 aliphatic heterocycles. The highest BCUT2D eigenvalue weighted by molar-refractivity contribution is 5.81. The second kappa shape index (κ2) is 3.94. The van der Waals surface area contributed by atoms with Gasteiger partial charge in [-0.15, -0.1) is 0 Å². The first-order valence-corrected chi connectivity index (χ1v) is 4.57. The number of carbonyl (C=O) groups is 1. The van der Waals surface area contributed by atoms with Crippen LogP contribution >= 0.6 is 0 Å². The van der Waals surface area contributed by atoms with Crippen LogP contribution in [0, 0.1) is 5.82 Å². The maximum atomic E-state index is 13.3. The SMILES string of the molecule is COC(=O)C(O)c1cc2cccc(F)c2o1. The third-order valence-electron chi connectivity index (χ3n) is 2.21. The topological polar surface area (TPSA) is 59.7 Å². The van der Waals surface area contributed by atoms with Gasteiger partial charge in [-0.25, -0.2) is 9.18 Å². The largest absolute Gasteiger partial charge is 0.467 e. The van der Waals surface area contributed by atoms with Gasteiger partial charge in [-0.3, -0.25) is 0 Å². The quantitative estimate of drug-likeness (QED) is 0.790. The van der Waals surface area contributed by atoms with Crippen molar-refractivity contribution < 1.29 is 23.4 Å². The lowest BCUT2D eigenvalue weighted by Crippen LogP contribution is -2.12. The van der Waals surface area contributed by atoms with E-state index in [0.717, 1.165) is 7.11 Å². The molecule has 0 saturated heterocycles. The molecule has 1 heterocycles. The number of methoxy groups -OCH3 is 1. The molecule has 0 aliphatic carbocycles. The summed E-state index contributed by atoms with van der Waals surface area (Å²) < 4.78 is 22.7. The fourth-order valence-corrected chi connectivity index (χ4v) is 1.41. The molecule has 2 rings (SSSR count). The Labute approximate surface area is 90.2 Å². The van der Waals surface area contributed by atoms with Crippen LogP contribution in [0.15, 0.2) is 28.7 Å². The van der Waals surface area contributed by atoms with Crippen LogP contribution in [-0.2, 0) is 9.53 Å². The van der Waals surface area contributed by atoms with Crippen LogP contribution in [0.25, 0.3) is 11.0 Å². The predicted molar refractivity (Wildman–Crippen MR) is 53.1 cm³/mol. The average Bonchev–Trinajstić information content (AvgIpc) is 2.72. The van der Waals surface area contributed by atoms with Crippen molar-refractivity contribution in [1.82, 2.24) is 0 Å². The van der Waals surface area contributed by atoms with Gasteiger partial charge in [-0.1, -0.05) is 12.1 Å². The number of aliphatic hydroxyl groups excluding tert-OH is 1. The van der Waals surface area contributed by atoms with E-state index in [-0.39, 0.29) is 11.3 Å². The molecule has 0 fully saturated rings. The van der Waals surface area contributed by atoms with Crippen LogP contribution in [0.2, 0.25) is 0 Å². The number of benzene rings is 1. The summed E-state index contributed by atoms with van der Waals surface area (Å²) in [6, 6.07) is 5.77. The molecule has 2 aromatic rings. The first kappa shape index (κ1) is 10.6. The highest BCUT2D eigenvalue weighted by Gasteiger charge is 2.22. The van der Waals surface area contributed by atoms with Gasteiger partial charge in [-0.05, 0) is 12.1 Å². The molecule has 5 heteroatoms. The monoisotopic (exact) mass is 224 g/mol. The number of hydrogen-bond acceptors (Lipinski definition) is 4. The number of furan rings is 1. The molecule has 1 aromatic carbocycles. The van der Waals surface area contributed by atoms with Crippen LogP contribution in [0.1, 0.15) is 11.9 Å². The zero-order valence-corrected chi connectivity index (χ0v) is 8.44. The summed E-state index contributed by atoms with van der Waals surface area (Å²) in [5.74, 6) is -1.42. The van der Waals surface area contributed by atoms with Gasteiger partial charge in [0.2, 0.25) is 6.10 Å². The number of esters is 1. The Morgan fingerprint density at radius 3 is 2.94 bits per heavy atom. The molecular formula is C11H9FO4. The molecule has 1 atom stereocenters. The van der Waals surface area contributed by atoms with Crippen molar-refractivity contribution in [3.05, 3.63) is 35.8 Å². The Hall–Kier alpha value is -1.88. The third-order valence-corrected chi connectivity index (χ3v) is 2.21. The highest BCUT2D eigenvalue weighted by atomic mass is 19.1. The van der Waals surface area contributed by atoms with Gasteiger partial charge in [0.15, 0.2) is 11.4 Å². The summed E-state index contributed by atoms with van der Waals surface area (Å²) in [4.78, 5) is 11.0. The lowest BCUT2D eigenvalue weighted by molar-refractivity contribution is -0.151. The van der Waals surface area contributed by atoms with Crippen molar-refractivity contribution in [1.29, 1.82) is 0 Å². The number of para-hydroxylation sites is 1. The van der Waals surface area contributed by atoms with E-state index < -0.39 is 17.9 Å². The van der Waals surface area contributed by atoms with Gasteiger partial charge in [0.1, 0.15) is 5.76 Å². The third kappa shape index (κ3) is 1.65. The van der Waals surface area contributed by atoms with Gasteiger partial charge in [-0.2, -0.15) is 0 Å². The van der Waals surface area contributed by atoms with E-state index in [4.69, 9.17) is 4.42 Å². The molecule has 1 N–H and O–H groups in total. The van der Waals surface area contributed by atoms with Gasteiger partial charge in [0.25, 0.3) is 0 Å². The summed E-state index contributed by atoms with van der Waals surface area (Å²) in [5, 5.41) is 9.97. The lowest BCUT2D eigenvalue weighted by atomic mass is 10.2. The second-order valence-corrected chi connectivity index (χ2v) is 3.23. The zero-order chi connectivity index (χ0) is 11.7. The standard InChI is InChI=1S/C11H9FO4/c1-15-11(14)9(13)8-5-6-3-2-4-7(12)10(6)16-8/h2-5,9,13H,1H3. The number of rotatable bonds is 2. The lowest BCUT2D eigenvalue weighted by Gasteiger charge is -2.03. The van der Waals surface area contributed by atoms with Crippen molar-refractivity contribution in [2.75, 3.05) is 7.11 Å². The van der Waals surface area contributed by atoms with Gasteiger partial charge >= 0.3 is 5.97 Å². The molecule has 0 bridgehead atoms. The minimum Gasteiger partial charge on any atom is -0.467 e. The molecule has 1 unspecified atom stereocenters. The van der Waals surface area contributed by atoms with Crippen molar-refractivity contribution in [2.45, 2.75) is 6.10 Å². The normalized spacial score (nSPS) is 12.7. The smallest absolute Gasteiger partial charge is 0.342 e. The van der Waals surface area contributed by atoms with Crippen LogP contribution in [0.5, 0.6) is 0 Å². The van der Waals surface area contributed by atoms with Crippen LogP contribution < -0.4 is 0 Å². The Morgan fingerprint density at radius 1 is 1.56 bits per heavy atom. The van der Waals surface area contributed by atoms with Crippen molar-refractivity contribution in [2.24, 2.45) is 0 Å². The van der Waals surface area contributed by atoms with Crippen LogP contribution in [0.3, 0.4) is 0 Å². The predicted octanol–water partition coefficient (Wildman–Crippen LogP) is 1.78. The Morgan fingerprint density at radius 2 is 2.31 bits per heavy atom. The van der Waals surface area contributed by atoms with Crippen LogP contribution in [0.4, 0.5) is 4.39 Å². The molecule has 0 saturated carbocycles. The summed E-state index contributed by atoms with van der Waals surface area (Å²) in [6.07, 6.45) is -1.53. The Balaban J connectivity index is 2.47. The summed E-state index contributed by atoms with van der Waals surface area (Å²) in [6.45, 7) is 0. The van der Waals surface area contributed by atoms with E-state index in [1.807, 2.05) is 0 Å². The summed E-state index contributed by atoms with van der Waals surface area (Å²) in [7, 11) is 1.15. The summed E-state index contributed by atoms with van der Waals surface area (Å²) in [5.41, 5.74) is 0.0143. The fourth-order valence-electron chi connectivity index (χ4n) is 1.41. The van der Waals surface area contributed by atoms with Gasteiger partial charge < -0.3 is 14.3 Å². The maximum absolute atomic E-state index is 13.3. The second-order valence-electron chi connectivity index (χ2n) is 3.23. The molecule has 0 radical (unpaired) electrons. The highest BCUT2D eigenvalue weighted by Crippen LogP contribution is 2.26. The molecule has 0 spiro atoms. The number of aliphatic hydroxyl groups is 1. The molecule has 0 aliphatic rings. The first-order chi connectivity index (χ1) is 7.63. The van der Waals surface area contributed by atoms with Crippen molar-refractivity contribution in [3.63, 3.8) is 0 Å². The number of ether oxygens (including phenoxy) is 1. The Kier molecular flexibility index (Phi) is 2.62. The maximum Gasteiger partial charge on any atom is 0.342 e. The van der Waals surface area contributed by atoms with Crippen LogP contribution in [-0.4, -0.2) is 18.2 Å². The van der Waals surface area contributed by atoms with E-state index in [1.54, 1.807) is 6.07 Å². The van der Waals surface area contributed by atoms with E-state index in [9.17, 15) is 14.3 Å². The number of hydrogen-bond donors (Lipinski definition) is 1. The first-order valence-electron chi connectivity index (χ1n) is 4.57. The van der Waals surface area contributed by atoms with Gasteiger partial charge in [0, 0.05) is 5.39 Å². The minimum absolute atomic E-state index is 0.0143. The number of carbonyl (C=O) groups excluding carboxylic acids is 1. The van der Waals surface area contributed by atoms with Gasteiger partial charge in [0.05, 0.1) is 7.11 Å². The molecule has 84 valence electrons. The average molecular weight is 224 g/mol.